The number of rotatable bonds is 6. The molecular weight excluding hydrogens is 322 g/mol. The summed E-state index contributed by atoms with van der Waals surface area (Å²) in [5.74, 6) is 0.0252. The molecule has 0 aromatic heterocycles. The predicted octanol–water partition coefficient (Wildman–Crippen LogP) is 3.60. The zero-order valence-electron chi connectivity index (χ0n) is 15.8. The topological polar surface area (TPSA) is 35.6 Å². The molecule has 2 aromatic carbocycles. The average molecular weight is 351 g/mol. The first-order valence-corrected chi connectivity index (χ1v) is 9.54. The van der Waals surface area contributed by atoms with Crippen molar-refractivity contribution in [3.8, 4) is 0 Å². The van der Waals surface area contributed by atoms with Gasteiger partial charge in [-0.1, -0.05) is 49.4 Å². The van der Waals surface area contributed by atoms with Crippen LogP contribution in [-0.4, -0.2) is 37.0 Å². The van der Waals surface area contributed by atoms with Crippen molar-refractivity contribution < 1.29 is 4.79 Å². The third-order valence-electron chi connectivity index (χ3n) is 5.07. The van der Waals surface area contributed by atoms with Crippen LogP contribution in [0, 0.1) is 0 Å². The summed E-state index contributed by atoms with van der Waals surface area (Å²) in [5.41, 5.74) is 3.83. The standard InChI is InChI=1S/C22H29N3O/c1-3-22(23-18(2)26)20-11-9-19(10-12-20)17-24-13-15-25(16-14-24)21-7-5-4-6-8-21/h4-12,22H,3,13-17H2,1-2H3,(H,23,26). The first-order chi connectivity index (χ1) is 12.7. The van der Waals surface area contributed by atoms with Gasteiger partial charge in [0.25, 0.3) is 0 Å². The molecule has 138 valence electrons. The van der Waals surface area contributed by atoms with E-state index in [1.54, 1.807) is 6.92 Å². The van der Waals surface area contributed by atoms with Crippen LogP contribution in [-0.2, 0) is 11.3 Å². The first kappa shape index (κ1) is 18.5. The summed E-state index contributed by atoms with van der Waals surface area (Å²) in [7, 11) is 0. The van der Waals surface area contributed by atoms with Crippen LogP contribution in [0.5, 0.6) is 0 Å². The molecule has 4 heteroatoms. The van der Waals surface area contributed by atoms with E-state index in [9.17, 15) is 4.79 Å². The molecule has 2 aromatic rings. The number of nitrogens with zero attached hydrogens (tertiary/aromatic N) is 2. The third kappa shape index (κ3) is 4.85. The lowest BCUT2D eigenvalue weighted by Gasteiger charge is -2.36. The highest BCUT2D eigenvalue weighted by Gasteiger charge is 2.17. The van der Waals surface area contributed by atoms with Crippen molar-refractivity contribution in [2.75, 3.05) is 31.1 Å². The molecule has 0 radical (unpaired) electrons. The SMILES string of the molecule is CCC(NC(C)=O)c1ccc(CN2CCN(c3ccccc3)CC2)cc1. The minimum Gasteiger partial charge on any atom is -0.369 e. The predicted molar refractivity (Wildman–Crippen MR) is 107 cm³/mol. The second kappa shape index (κ2) is 8.86. The smallest absolute Gasteiger partial charge is 0.217 e. The van der Waals surface area contributed by atoms with Gasteiger partial charge in [-0.3, -0.25) is 9.69 Å². The number of piperazine rings is 1. The quantitative estimate of drug-likeness (QED) is 0.864. The van der Waals surface area contributed by atoms with E-state index < -0.39 is 0 Å². The molecule has 26 heavy (non-hydrogen) atoms. The third-order valence-corrected chi connectivity index (χ3v) is 5.07. The second-order valence-electron chi connectivity index (χ2n) is 7.00. The number of anilines is 1. The van der Waals surface area contributed by atoms with Gasteiger partial charge in [0, 0.05) is 45.3 Å². The fourth-order valence-corrected chi connectivity index (χ4v) is 3.58. The van der Waals surface area contributed by atoms with Gasteiger partial charge in [-0.15, -0.1) is 0 Å². The van der Waals surface area contributed by atoms with E-state index in [0.717, 1.165) is 39.1 Å². The molecule has 4 nitrogen and oxygen atoms in total. The number of carbonyl (C=O) groups is 1. The van der Waals surface area contributed by atoms with Gasteiger partial charge in [-0.05, 0) is 29.7 Å². The molecule has 1 heterocycles. The number of benzene rings is 2. The summed E-state index contributed by atoms with van der Waals surface area (Å²) >= 11 is 0. The lowest BCUT2D eigenvalue weighted by Crippen LogP contribution is -2.45. The van der Waals surface area contributed by atoms with Crippen LogP contribution >= 0.6 is 0 Å². The maximum atomic E-state index is 11.3. The molecule has 3 rings (SSSR count). The number of nitrogens with one attached hydrogen (secondary N) is 1. The maximum Gasteiger partial charge on any atom is 0.217 e. The van der Waals surface area contributed by atoms with E-state index in [2.05, 4.69) is 76.6 Å². The molecule has 0 saturated carbocycles. The molecule has 1 saturated heterocycles. The molecule has 0 bridgehead atoms. The van der Waals surface area contributed by atoms with E-state index in [1.165, 1.54) is 16.8 Å². The number of hydrogen-bond acceptors (Lipinski definition) is 3. The van der Waals surface area contributed by atoms with Gasteiger partial charge in [0.2, 0.25) is 5.91 Å². The Bertz CT molecular complexity index is 691. The van der Waals surface area contributed by atoms with Crippen molar-refractivity contribution in [3.63, 3.8) is 0 Å². The summed E-state index contributed by atoms with van der Waals surface area (Å²) < 4.78 is 0. The first-order valence-electron chi connectivity index (χ1n) is 9.54. The van der Waals surface area contributed by atoms with Gasteiger partial charge in [0.1, 0.15) is 0 Å². The van der Waals surface area contributed by atoms with Gasteiger partial charge in [-0.2, -0.15) is 0 Å². The van der Waals surface area contributed by atoms with Crippen LogP contribution in [0.15, 0.2) is 54.6 Å². The Balaban J connectivity index is 1.53. The average Bonchev–Trinajstić information content (AvgIpc) is 2.68. The number of para-hydroxylation sites is 1. The van der Waals surface area contributed by atoms with Crippen molar-refractivity contribution in [2.24, 2.45) is 0 Å². The fraction of sp³-hybridized carbons (Fsp3) is 0.409. The Hall–Kier alpha value is -2.33. The van der Waals surface area contributed by atoms with Gasteiger partial charge in [0.05, 0.1) is 6.04 Å². The highest BCUT2D eigenvalue weighted by Crippen LogP contribution is 2.19. The zero-order chi connectivity index (χ0) is 18.4. The lowest BCUT2D eigenvalue weighted by molar-refractivity contribution is -0.119. The number of carbonyl (C=O) groups excluding carboxylic acids is 1. The van der Waals surface area contributed by atoms with E-state index in [4.69, 9.17) is 0 Å². The van der Waals surface area contributed by atoms with Crippen molar-refractivity contribution in [1.29, 1.82) is 0 Å². The summed E-state index contributed by atoms with van der Waals surface area (Å²) in [6.45, 7) is 8.97. The Morgan fingerprint density at radius 2 is 1.65 bits per heavy atom. The number of amides is 1. The fourth-order valence-electron chi connectivity index (χ4n) is 3.58. The van der Waals surface area contributed by atoms with E-state index in [1.807, 2.05) is 0 Å². The van der Waals surface area contributed by atoms with Gasteiger partial charge >= 0.3 is 0 Å². The van der Waals surface area contributed by atoms with Gasteiger partial charge in [-0.25, -0.2) is 0 Å². The van der Waals surface area contributed by atoms with Crippen LogP contribution < -0.4 is 10.2 Å². The lowest BCUT2D eigenvalue weighted by atomic mass is 10.0. The van der Waals surface area contributed by atoms with Crippen molar-refractivity contribution in [1.82, 2.24) is 10.2 Å². The van der Waals surface area contributed by atoms with Crippen LogP contribution in [0.2, 0.25) is 0 Å². The van der Waals surface area contributed by atoms with Crippen molar-refractivity contribution in [3.05, 3.63) is 65.7 Å². The van der Waals surface area contributed by atoms with E-state index in [-0.39, 0.29) is 11.9 Å². The molecule has 1 aliphatic rings. The Morgan fingerprint density at radius 1 is 1.00 bits per heavy atom. The Labute approximate surface area is 156 Å². The molecule has 1 atom stereocenters. The molecule has 1 unspecified atom stereocenters. The highest BCUT2D eigenvalue weighted by atomic mass is 16.1. The summed E-state index contributed by atoms with van der Waals surface area (Å²) in [4.78, 5) is 16.3. The summed E-state index contributed by atoms with van der Waals surface area (Å²) in [6.07, 6.45) is 0.903. The monoisotopic (exact) mass is 351 g/mol. The number of hydrogen-bond donors (Lipinski definition) is 1. The normalized spacial score (nSPS) is 16.3. The molecule has 1 N–H and O–H groups in total. The van der Waals surface area contributed by atoms with Crippen molar-refractivity contribution >= 4 is 11.6 Å². The van der Waals surface area contributed by atoms with E-state index in [0.29, 0.717) is 0 Å². The highest BCUT2D eigenvalue weighted by molar-refractivity contribution is 5.73. The largest absolute Gasteiger partial charge is 0.369 e. The molecule has 0 aliphatic carbocycles. The van der Waals surface area contributed by atoms with E-state index >= 15 is 0 Å². The minimum atomic E-state index is 0.0252. The maximum absolute atomic E-state index is 11.3. The van der Waals surface area contributed by atoms with Crippen LogP contribution in [0.3, 0.4) is 0 Å². The second-order valence-corrected chi connectivity index (χ2v) is 7.00. The van der Waals surface area contributed by atoms with Crippen LogP contribution in [0.4, 0.5) is 5.69 Å². The van der Waals surface area contributed by atoms with Gasteiger partial charge in [0.15, 0.2) is 0 Å². The molecule has 1 amide bonds. The van der Waals surface area contributed by atoms with Crippen LogP contribution in [0.1, 0.15) is 37.4 Å². The molecule has 1 aliphatic heterocycles. The van der Waals surface area contributed by atoms with Crippen molar-refractivity contribution in [2.45, 2.75) is 32.9 Å². The summed E-state index contributed by atoms with van der Waals surface area (Å²) in [5, 5.41) is 3.01. The Morgan fingerprint density at radius 3 is 2.23 bits per heavy atom. The molecule has 0 spiro atoms. The van der Waals surface area contributed by atoms with Crippen LogP contribution in [0.25, 0.3) is 0 Å². The zero-order valence-corrected chi connectivity index (χ0v) is 15.8. The molecular formula is C22H29N3O. The molecule has 1 fully saturated rings. The summed E-state index contributed by atoms with van der Waals surface area (Å²) in [6, 6.07) is 19.5. The Kier molecular flexibility index (Phi) is 6.29. The minimum absolute atomic E-state index is 0.0252. The van der Waals surface area contributed by atoms with Gasteiger partial charge < -0.3 is 10.2 Å².